The van der Waals surface area contributed by atoms with Gasteiger partial charge < -0.3 is 19.9 Å². The summed E-state index contributed by atoms with van der Waals surface area (Å²) in [4.78, 5) is 17.2. The molecule has 1 N–H and O–H groups in total. The van der Waals surface area contributed by atoms with Gasteiger partial charge in [0.25, 0.3) is 5.91 Å². The third-order valence-corrected chi connectivity index (χ3v) is 7.24. The second kappa shape index (κ2) is 10.5. The SMILES string of the molecule is CCN1CCN(c2c(Cl)cccc2NC(=O)COc2c(Cl)c(C)c(Cl)c(C)c2Cl)CC1. The molecule has 1 saturated heterocycles. The number of nitrogens with one attached hydrogen (secondary N) is 1. The van der Waals surface area contributed by atoms with Crippen LogP contribution in [0.3, 0.4) is 0 Å². The fraction of sp³-hybridized carbons (Fsp3) is 0.409. The van der Waals surface area contributed by atoms with Gasteiger partial charge in [-0.2, -0.15) is 0 Å². The van der Waals surface area contributed by atoms with Crippen molar-refractivity contribution in [1.29, 1.82) is 0 Å². The highest BCUT2D eigenvalue weighted by Crippen LogP contribution is 2.42. The van der Waals surface area contributed by atoms with Gasteiger partial charge in [0.2, 0.25) is 0 Å². The van der Waals surface area contributed by atoms with E-state index in [2.05, 4.69) is 22.0 Å². The van der Waals surface area contributed by atoms with Gasteiger partial charge in [0.1, 0.15) is 0 Å². The Kier molecular flexibility index (Phi) is 8.22. The first kappa shape index (κ1) is 24.3. The second-order valence-electron chi connectivity index (χ2n) is 7.42. The first-order valence-corrected chi connectivity index (χ1v) is 11.6. The number of para-hydroxylation sites is 1. The molecule has 0 radical (unpaired) electrons. The molecular formula is C22H25Cl4N3O2. The molecule has 1 amide bonds. The minimum Gasteiger partial charge on any atom is -0.481 e. The molecule has 0 atom stereocenters. The standard InChI is InChI=1S/C22H25Cl4N3O2/c1-4-28-8-10-29(11-9-28)21-15(23)6-5-7-16(21)27-17(30)12-31-22-19(25)13(2)18(24)14(3)20(22)26/h5-7H,4,8-12H2,1-3H3,(H,27,30). The molecule has 3 rings (SSSR count). The Morgan fingerprint density at radius 3 is 2.19 bits per heavy atom. The zero-order chi connectivity index (χ0) is 22.7. The molecule has 9 heteroatoms. The molecule has 1 fully saturated rings. The Morgan fingerprint density at radius 1 is 1.00 bits per heavy atom. The maximum Gasteiger partial charge on any atom is 0.262 e. The van der Waals surface area contributed by atoms with E-state index in [1.165, 1.54) is 0 Å². The van der Waals surface area contributed by atoms with Crippen molar-refractivity contribution in [3.63, 3.8) is 0 Å². The summed E-state index contributed by atoms with van der Waals surface area (Å²) < 4.78 is 5.67. The van der Waals surface area contributed by atoms with E-state index in [9.17, 15) is 4.79 Å². The average Bonchev–Trinajstić information content (AvgIpc) is 2.76. The molecule has 0 aliphatic carbocycles. The summed E-state index contributed by atoms with van der Waals surface area (Å²) in [5.74, 6) is -0.0898. The molecule has 1 aliphatic rings. The summed E-state index contributed by atoms with van der Waals surface area (Å²) in [7, 11) is 0. The van der Waals surface area contributed by atoms with Gasteiger partial charge in [0.05, 0.1) is 26.4 Å². The Bertz CT molecular complexity index is 947. The van der Waals surface area contributed by atoms with Gasteiger partial charge in [-0.25, -0.2) is 0 Å². The first-order valence-electron chi connectivity index (χ1n) is 10.1. The van der Waals surface area contributed by atoms with E-state index in [1.807, 2.05) is 18.2 Å². The monoisotopic (exact) mass is 503 g/mol. The van der Waals surface area contributed by atoms with Crippen LogP contribution in [0.4, 0.5) is 11.4 Å². The number of carbonyl (C=O) groups is 1. The van der Waals surface area contributed by atoms with E-state index in [0.29, 0.717) is 36.9 Å². The topological polar surface area (TPSA) is 44.8 Å². The normalized spacial score (nSPS) is 14.6. The lowest BCUT2D eigenvalue weighted by Gasteiger charge is -2.36. The molecule has 31 heavy (non-hydrogen) atoms. The molecule has 168 valence electrons. The van der Waals surface area contributed by atoms with E-state index >= 15 is 0 Å². The summed E-state index contributed by atoms with van der Waals surface area (Å²) in [6.45, 7) is 10.0. The van der Waals surface area contributed by atoms with Gasteiger partial charge in [0.15, 0.2) is 12.4 Å². The van der Waals surface area contributed by atoms with Crippen LogP contribution in [0, 0.1) is 13.8 Å². The van der Waals surface area contributed by atoms with Crippen LogP contribution in [0.5, 0.6) is 5.75 Å². The van der Waals surface area contributed by atoms with Crippen molar-refractivity contribution < 1.29 is 9.53 Å². The molecule has 1 aliphatic heterocycles. The third kappa shape index (κ3) is 5.35. The van der Waals surface area contributed by atoms with Crippen LogP contribution in [0.2, 0.25) is 20.1 Å². The molecule has 2 aromatic carbocycles. The Morgan fingerprint density at radius 2 is 1.61 bits per heavy atom. The Hall–Kier alpha value is -1.37. The summed E-state index contributed by atoms with van der Waals surface area (Å²) >= 11 is 25.4. The number of nitrogens with zero attached hydrogens (tertiary/aromatic N) is 2. The minimum absolute atomic E-state index is 0.250. The Balaban J connectivity index is 1.73. The maximum absolute atomic E-state index is 12.7. The van der Waals surface area contributed by atoms with Gasteiger partial charge in [-0.3, -0.25) is 4.79 Å². The van der Waals surface area contributed by atoms with Gasteiger partial charge in [0, 0.05) is 31.2 Å². The van der Waals surface area contributed by atoms with Gasteiger partial charge in [-0.15, -0.1) is 0 Å². The number of anilines is 2. The van der Waals surface area contributed by atoms with Gasteiger partial charge in [-0.1, -0.05) is 59.4 Å². The predicted octanol–water partition coefficient (Wildman–Crippen LogP) is 6.08. The van der Waals surface area contributed by atoms with Crippen molar-refractivity contribution >= 4 is 63.7 Å². The number of carbonyl (C=O) groups excluding carboxylic acids is 1. The van der Waals surface area contributed by atoms with E-state index in [-0.39, 0.29) is 18.3 Å². The molecule has 1 heterocycles. The minimum atomic E-state index is -0.340. The van der Waals surface area contributed by atoms with Crippen molar-refractivity contribution in [3.8, 4) is 5.75 Å². The van der Waals surface area contributed by atoms with E-state index in [0.717, 1.165) is 38.4 Å². The fourth-order valence-corrected chi connectivity index (χ4v) is 4.70. The van der Waals surface area contributed by atoms with Crippen LogP contribution in [0.1, 0.15) is 18.1 Å². The summed E-state index contributed by atoms with van der Waals surface area (Å²) in [6.07, 6.45) is 0. The van der Waals surface area contributed by atoms with Crippen LogP contribution >= 0.6 is 46.4 Å². The highest BCUT2D eigenvalue weighted by molar-refractivity contribution is 6.42. The van der Waals surface area contributed by atoms with Crippen LogP contribution in [0.25, 0.3) is 0 Å². The molecule has 0 spiro atoms. The largest absolute Gasteiger partial charge is 0.481 e. The zero-order valence-electron chi connectivity index (χ0n) is 17.7. The zero-order valence-corrected chi connectivity index (χ0v) is 20.7. The highest BCUT2D eigenvalue weighted by Gasteiger charge is 2.22. The van der Waals surface area contributed by atoms with Crippen LogP contribution in [-0.4, -0.2) is 50.1 Å². The van der Waals surface area contributed by atoms with Crippen molar-refractivity contribution in [2.75, 3.05) is 49.5 Å². The molecule has 2 aromatic rings. The molecule has 0 unspecified atom stereocenters. The smallest absolute Gasteiger partial charge is 0.262 e. The maximum atomic E-state index is 12.7. The lowest BCUT2D eigenvalue weighted by atomic mass is 10.1. The van der Waals surface area contributed by atoms with Crippen molar-refractivity contribution in [3.05, 3.63) is 49.4 Å². The number of amides is 1. The first-order chi connectivity index (χ1) is 14.7. The van der Waals surface area contributed by atoms with Crippen molar-refractivity contribution in [2.45, 2.75) is 20.8 Å². The molecular weight excluding hydrogens is 480 g/mol. The number of hydrogen-bond donors (Lipinski definition) is 1. The number of ether oxygens (including phenoxy) is 1. The van der Waals surface area contributed by atoms with Crippen LogP contribution < -0.4 is 15.0 Å². The molecule has 0 saturated carbocycles. The van der Waals surface area contributed by atoms with E-state index < -0.39 is 0 Å². The van der Waals surface area contributed by atoms with Gasteiger partial charge >= 0.3 is 0 Å². The van der Waals surface area contributed by atoms with Crippen LogP contribution in [0.15, 0.2) is 18.2 Å². The quantitative estimate of drug-likeness (QED) is 0.518. The number of hydrogen-bond acceptors (Lipinski definition) is 4. The summed E-state index contributed by atoms with van der Waals surface area (Å²) in [6, 6.07) is 5.47. The third-order valence-electron chi connectivity index (χ3n) is 5.46. The number of rotatable bonds is 6. The number of piperazine rings is 1. The molecule has 0 aromatic heterocycles. The number of benzene rings is 2. The molecule has 0 bridgehead atoms. The average molecular weight is 505 g/mol. The lowest BCUT2D eigenvalue weighted by Crippen LogP contribution is -2.46. The van der Waals surface area contributed by atoms with Gasteiger partial charge in [-0.05, 0) is 43.7 Å². The lowest BCUT2D eigenvalue weighted by molar-refractivity contribution is -0.118. The fourth-order valence-electron chi connectivity index (χ4n) is 3.59. The van der Waals surface area contributed by atoms with E-state index in [1.54, 1.807) is 13.8 Å². The highest BCUT2D eigenvalue weighted by atomic mass is 35.5. The van der Waals surface area contributed by atoms with Crippen molar-refractivity contribution in [2.24, 2.45) is 0 Å². The summed E-state index contributed by atoms with van der Waals surface area (Å²) in [5, 5.41) is 4.58. The van der Waals surface area contributed by atoms with Crippen molar-refractivity contribution in [1.82, 2.24) is 4.90 Å². The molecule has 5 nitrogen and oxygen atoms in total. The number of halogens is 4. The second-order valence-corrected chi connectivity index (χ2v) is 8.96. The van der Waals surface area contributed by atoms with E-state index in [4.69, 9.17) is 51.1 Å². The van der Waals surface area contributed by atoms with Crippen LogP contribution in [-0.2, 0) is 4.79 Å². The Labute approximate surface area is 203 Å². The summed E-state index contributed by atoms with van der Waals surface area (Å²) in [5.41, 5.74) is 2.78. The predicted molar refractivity (Wildman–Crippen MR) is 131 cm³/mol. The number of likely N-dealkylation sites (N-methyl/N-ethyl adjacent to an activating group) is 1.